The second-order valence-electron chi connectivity index (χ2n) is 6.41. The highest BCUT2D eigenvalue weighted by Crippen LogP contribution is 2.25. The first-order valence-electron chi connectivity index (χ1n) is 8.87. The summed E-state index contributed by atoms with van der Waals surface area (Å²) in [5, 5.41) is 6.27. The summed E-state index contributed by atoms with van der Waals surface area (Å²) in [6, 6.07) is 1.52. The van der Waals surface area contributed by atoms with Crippen LogP contribution in [0.3, 0.4) is 0 Å². The zero-order valence-corrected chi connectivity index (χ0v) is 16.8. The Balaban J connectivity index is 2.02. The van der Waals surface area contributed by atoms with Crippen LogP contribution >= 0.6 is 11.3 Å². The summed E-state index contributed by atoms with van der Waals surface area (Å²) < 4.78 is 4.93. The average molecular weight is 391 g/mol. The monoisotopic (exact) mass is 391 g/mol. The van der Waals surface area contributed by atoms with Crippen LogP contribution in [0.15, 0.2) is 18.5 Å². The Hall–Kier alpha value is -2.55. The minimum atomic E-state index is -0.477. The van der Waals surface area contributed by atoms with Crippen molar-refractivity contribution < 1.29 is 14.3 Å². The van der Waals surface area contributed by atoms with Gasteiger partial charge in [-0.05, 0) is 32.3 Å². The van der Waals surface area contributed by atoms with E-state index in [1.54, 1.807) is 32.3 Å². The first-order chi connectivity index (χ1) is 12.9. The molecule has 0 fully saturated rings. The van der Waals surface area contributed by atoms with Crippen LogP contribution in [-0.4, -0.2) is 46.1 Å². The number of thiazole rings is 1. The molecule has 0 aliphatic carbocycles. The van der Waals surface area contributed by atoms with Crippen molar-refractivity contribution in [3.8, 4) is 10.8 Å². The number of hydrogen-bond donors (Lipinski definition) is 2. The van der Waals surface area contributed by atoms with Crippen LogP contribution in [0.1, 0.15) is 42.6 Å². The van der Waals surface area contributed by atoms with Gasteiger partial charge >= 0.3 is 6.09 Å². The van der Waals surface area contributed by atoms with Gasteiger partial charge in [-0.25, -0.2) is 19.7 Å². The molecule has 27 heavy (non-hydrogen) atoms. The highest BCUT2D eigenvalue weighted by molar-refractivity contribution is 7.17. The summed E-state index contributed by atoms with van der Waals surface area (Å²) in [4.78, 5) is 37.5. The van der Waals surface area contributed by atoms with E-state index in [0.29, 0.717) is 40.5 Å². The summed E-state index contributed by atoms with van der Waals surface area (Å²) in [5.74, 6) is 0.624. The number of carbonyl (C=O) groups is 2. The lowest BCUT2D eigenvalue weighted by molar-refractivity contribution is 0.0947. The molecule has 0 radical (unpaired) electrons. The van der Waals surface area contributed by atoms with E-state index in [1.165, 1.54) is 11.3 Å². The van der Waals surface area contributed by atoms with E-state index in [1.807, 2.05) is 0 Å². The number of aromatic nitrogens is 3. The fourth-order valence-corrected chi connectivity index (χ4v) is 3.44. The maximum absolute atomic E-state index is 12.6. The topological polar surface area (TPSA) is 106 Å². The van der Waals surface area contributed by atoms with Gasteiger partial charge in [0.15, 0.2) is 10.8 Å². The van der Waals surface area contributed by atoms with Gasteiger partial charge in [-0.15, -0.1) is 11.3 Å². The van der Waals surface area contributed by atoms with E-state index >= 15 is 0 Å². The van der Waals surface area contributed by atoms with Crippen molar-refractivity contribution in [3.05, 3.63) is 29.0 Å². The Kier molecular flexibility index (Phi) is 7.66. The fraction of sp³-hybridized carbons (Fsp3) is 0.500. The van der Waals surface area contributed by atoms with E-state index < -0.39 is 6.09 Å². The van der Waals surface area contributed by atoms with E-state index in [0.717, 1.165) is 6.42 Å². The summed E-state index contributed by atoms with van der Waals surface area (Å²) >= 11 is 1.25. The summed E-state index contributed by atoms with van der Waals surface area (Å²) in [6.07, 6.45) is 3.52. The van der Waals surface area contributed by atoms with Crippen molar-refractivity contribution in [3.63, 3.8) is 0 Å². The molecule has 0 aliphatic rings. The van der Waals surface area contributed by atoms with Crippen LogP contribution in [0, 0.1) is 12.8 Å². The van der Waals surface area contributed by atoms with Crippen molar-refractivity contribution in [1.29, 1.82) is 0 Å². The highest BCUT2D eigenvalue weighted by atomic mass is 32.1. The maximum Gasteiger partial charge on any atom is 0.407 e. The number of rotatable bonds is 8. The fourth-order valence-electron chi connectivity index (χ4n) is 2.51. The molecule has 2 N–H and O–H groups in total. The Labute approximate surface area is 162 Å². The van der Waals surface area contributed by atoms with Crippen LogP contribution in [-0.2, 0) is 4.74 Å². The predicted molar refractivity (Wildman–Crippen MR) is 104 cm³/mol. The zero-order chi connectivity index (χ0) is 19.8. The largest absolute Gasteiger partial charge is 0.450 e. The molecule has 1 unspecified atom stereocenters. The number of carbonyl (C=O) groups excluding carboxylic acids is 2. The first kappa shape index (κ1) is 20.8. The standard InChI is InChI=1S/C18H25N5O3S/c1-5-26-18(25)23-13(9-11(2)3)10-21-16(24)14-12(4)22-17(27-14)15-19-7-6-8-20-15/h6-8,11,13H,5,9-10H2,1-4H3,(H,21,24)(H,23,25). The number of hydrogen-bond acceptors (Lipinski definition) is 7. The molecular formula is C18H25N5O3S. The SMILES string of the molecule is CCOC(=O)NC(CNC(=O)c1sc(-c2ncccn2)nc1C)CC(C)C. The molecular weight excluding hydrogens is 366 g/mol. The van der Waals surface area contributed by atoms with Crippen LogP contribution < -0.4 is 10.6 Å². The molecule has 0 bridgehead atoms. The van der Waals surface area contributed by atoms with Gasteiger partial charge in [-0.3, -0.25) is 4.79 Å². The Bertz CT molecular complexity index is 764. The molecule has 2 heterocycles. The molecule has 0 spiro atoms. The molecule has 146 valence electrons. The van der Waals surface area contributed by atoms with Crippen molar-refractivity contribution in [2.24, 2.45) is 5.92 Å². The third-order valence-corrected chi connectivity index (χ3v) is 4.77. The lowest BCUT2D eigenvalue weighted by Crippen LogP contribution is -2.44. The first-order valence-corrected chi connectivity index (χ1v) is 9.68. The molecule has 0 aromatic carbocycles. The molecule has 9 heteroatoms. The Morgan fingerprint density at radius 1 is 1.26 bits per heavy atom. The van der Waals surface area contributed by atoms with E-state index in [2.05, 4.69) is 39.4 Å². The van der Waals surface area contributed by atoms with Gasteiger partial charge in [0.25, 0.3) is 5.91 Å². The second-order valence-corrected chi connectivity index (χ2v) is 7.41. The molecule has 2 aromatic heterocycles. The lowest BCUT2D eigenvalue weighted by Gasteiger charge is -2.20. The Morgan fingerprint density at radius 3 is 2.59 bits per heavy atom. The van der Waals surface area contributed by atoms with Gasteiger partial charge in [0.1, 0.15) is 4.88 Å². The summed E-state index contributed by atoms with van der Waals surface area (Å²) in [7, 11) is 0. The molecule has 8 nitrogen and oxygen atoms in total. The molecule has 2 amide bonds. The van der Waals surface area contributed by atoms with Gasteiger partial charge in [0.2, 0.25) is 0 Å². The lowest BCUT2D eigenvalue weighted by atomic mass is 10.0. The van der Waals surface area contributed by atoms with Crippen LogP contribution in [0.5, 0.6) is 0 Å². The highest BCUT2D eigenvalue weighted by Gasteiger charge is 2.20. The minimum absolute atomic E-state index is 0.210. The number of nitrogens with one attached hydrogen (secondary N) is 2. The minimum Gasteiger partial charge on any atom is -0.450 e. The Morgan fingerprint density at radius 2 is 1.96 bits per heavy atom. The smallest absolute Gasteiger partial charge is 0.407 e. The van der Waals surface area contributed by atoms with Crippen LogP contribution in [0.2, 0.25) is 0 Å². The van der Waals surface area contributed by atoms with Crippen molar-refractivity contribution in [2.45, 2.75) is 40.2 Å². The molecule has 2 aromatic rings. The van der Waals surface area contributed by atoms with Crippen molar-refractivity contribution in [1.82, 2.24) is 25.6 Å². The van der Waals surface area contributed by atoms with Gasteiger partial charge in [0.05, 0.1) is 12.3 Å². The summed E-state index contributed by atoms with van der Waals surface area (Å²) in [5.41, 5.74) is 0.624. The number of nitrogens with zero attached hydrogens (tertiary/aromatic N) is 3. The maximum atomic E-state index is 12.6. The number of ether oxygens (including phenoxy) is 1. The third-order valence-electron chi connectivity index (χ3n) is 3.62. The number of alkyl carbamates (subject to hydrolysis) is 1. The molecule has 1 atom stereocenters. The normalized spacial score (nSPS) is 11.9. The van der Waals surface area contributed by atoms with Gasteiger partial charge in [0, 0.05) is 25.0 Å². The predicted octanol–water partition coefficient (Wildman–Crippen LogP) is 2.80. The quantitative estimate of drug-likeness (QED) is 0.717. The van der Waals surface area contributed by atoms with Crippen molar-refractivity contribution >= 4 is 23.3 Å². The van der Waals surface area contributed by atoms with Gasteiger partial charge in [-0.1, -0.05) is 13.8 Å². The average Bonchev–Trinajstić information content (AvgIpc) is 3.02. The van der Waals surface area contributed by atoms with Crippen LogP contribution in [0.4, 0.5) is 4.79 Å². The van der Waals surface area contributed by atoms with E-state index in [4.69, 9.17) is 4.74 Å². The zero-order valence-electron chi connectivity index (χ0n) is 16.0. The van der Waals surface area contributed by atoms with Crippen LogP contribution in [0.25, 0.3) is 10.8 Å². The van der Waals surface area contributed by atoms with Gasteiger partial charge < -0.3 is 15.4 Å². The summed E-state index contributed by atoms with van der Waals surface area (Å²) in [6.45, 7) is 8.25. The second kappa shape index (κ2) is 9.96. The molecule has 0 saturated heterocycles. The number of amides is 2. The van der Waals surface area contributed by atoms with E-state index in [-0.39, 0.29) is 11.9 Å². The number of aryl methyl sites for hydroxylation is 1. The molecule has 0 saturated carbocycles. The van der Waals surface area contributed by atoms with E-state index in [9.17, 15) is 9.59 Å². The molecule has 0 aliphatic heterocycles. The van der Waals surface area contributed by atoms with Gasteiger partial charge in [-0.2, -0.15) is 0 Å². The third kappa shape index (κ3) is 6.28. The van der Waals surface area contributed by atoms with Crippen molar-refractivity contribution in [2.75, 3.05) is 13.2 Å². The molecule has 2 rings (SSSR count).